The number of rotatable bonds is 11. The van der Waals surface area contributed by atoms with Crippen molar-refractivity contribution in [1.82, 2.24) is 34.1 Å². The van der Waals surface area contributed by atoms with Gasteiger partial charge in [-0.15, -0.1) is 0 Å². The van der Waals surface area contributed by atoms with E-state index in [1.807, 2.05) is 37.1 Å². The van der Waals surface area contributed by atoms with Gasteiger partial charge in [-0.1, -0.05) is 0 Å². The second-order valence-electron chi connectivity index (χ2n) is 18.2. The van der Waals surface area contributed by atoms with Crippen LogP contribution in [0.2, 0.25) is 0 Å². The predicted molar refractivity (Wildman–Crippen MR) is 248 cm³/mol. The number of pyridine rings is 2. The van der Waals surface area contributed by atoms with Gasteiger partial charge in [0.05, 0.1) is 11.4 Å². The quantitative estimate of drug-likeness (QED) is 0.143. The Hall–Kier alpha value is -6.13. The molecule has 4 saturated heterocycles. The highest BCUT2D eigenvalue weighted by Gasteiger charge is 2.31. The van der Waals surface area contributed by atoms with E-state index in [1.165, 1.54) is 12.1 Å². The number of nitrogens with one attached hydrogen (secondary N) is 3. The molecular weight excluding hydrogens is 831 g/mol. The lowest BCUT2D eigenvalue weighted by atomic mass is 9.85. The third kappa shape index (κ3) is 9.37. The standard InChI is InChI=1S/C49H58F2N10O4/c1-31-24-34(25-40(51)46(31)33-11-15-57(16-12-33)30-37-28-38-42(8-14-53-47(38)56(37)3)61-19-13-35(52-2)27-45(61)63)49(65)60-17-9-32(10-18-60)29-58-20-22-59(23-21-58)43-6-4-36(26-39(43)50)54-41-5-7-44(62)55-48(41)64/h4,6,8,13-14,19,24-28,32-33,41,52,54H,5,7,9-12,15-18,20-23,29-30H2,1-3H3,(H,55,62,64)/t41-/m1/s1. The summed E-state index contributed by atoms with van der Waals surface area (Å²) in [5.41, 5.74) is 6.31. The van der Waals surface area contributed by atoms with E-state index in [4.69, 9.17) is 0 Å². The Bertz CT molecular complexity index is 2640. The molecule has 342 valence electrons. The molecule has 1 atom stereocenters. The molecule has 9 rings (SSSR count). The largest absolute Gasteiger partial charge is 0.388 e. The van der Waals surface area contributed by atoms with Gasteiger partial charge in [-0.2, -0.15) is 0 Å². The summed E-state index contributed by atoms with van der Waals surface area (Å²) < 4.78 is 35.0. The van der Waals surface area contributed by atoms with Crippen LogP contribution < -0.4 is 26.4 Å². The van der Waals surface area contributed by atoms with Gasteiger partial charge >= 0.3 is 0 Å². The number of hydrogen-bond donors (Lipinski definition) is 3. The molecule has 65 heavy (non-hydrogen) atoms. The lowest BCUT2D eigenvalue weighted by Gasteiger charge is -2.39. The van der Waals surface area contributed by atoms with Crippen LogP contribution in [0.5, 0.6) is 0 Å². The first-order chi connectivity index (χ1) is 31.4. The van der Waals surface area contributed by atoms with Crippen LogP contribution >= 0.6 is 0 Å². The molecule has 7 heterocycles. The molecule has 0 aliphatic carbocycles. The fraction of sp³-hybridized carbons (Fsp3) is 0.449. The van der Waals surface area contributed by atoms with Crippen molar-refractivity contribution in [3.8, 4) is 5.69 Å². The summed E-state index contributed by atoms with van der Waals surface area (Å²) in [5, 5.41) is 9.29. The number of aryl methyl sites for hydroxylation is 2. The summed E-state index contributed by atoms with van der Waals surface area (Å²) in [5.74, 6) is -0.947. The van der Waals surface area contributed by atoms with Gasteiger partial charge in [0.2, 0.25) is 11.8 Å². The molecule has 5 aromatic rings. The topological polar surface area (TPSA) is 140 Å². The number of anilines is 3. The summed E-state index contributed by atoms with van der Waals surface area (Å²) in [7, 11) is 3.79. The van der Waals surface area contributed by atoms with E-state index in [1.54, 1.807) is 42.2 Å². The van der Waals surface area contributed by atoms with Gasteiger partial charge in [-0.3, -0.25) is 38.9 Å². The number of amides is 3. The number of carbonyl (C=O) groups is 3. The zero-order valence-corrected chi connectivity index (χ0v) is 37.4. The second-order valence-corrected chi connectivity index (χ2v) is 18.2. The van der Waals surface area contributed by atoms with Gasteiger partial charge < -0.3 is 25.0 Å². The van der Waals surface area contributed by atoms with Crippen LogP contribution in [0.15, 0.2) is 71.8 Å². The molecule has 3 aromatic heterocycles. The normalized spacial score (nSPS) is 19.5. The van der Waals surface area contributed by atoms with Crippen molar-refractivity contribution in [2.24, 2.45) is 13.0 Å². The van der Waals surface area contributed by atoms with Gasteiger partial charge in [-0.25, -0.2) is 13.8 Å². The van der Waals surface area contributed by atoms with Crippen molar-refractivity contribution in [3.05, 3.63) is 111 Å². The number of piperidine rings is 3. The fourth-order valence-corrected chi connectivity index (χ4v) is 10.4. The van der Waals surface area contributed by atoms with Crippen molar-refractivity contribution < 1.29 is 23.2 Å². The number of likely N-dealkylation sites (tertiary alicyclic amines) is 2. The molecular formula is C49H58F2N10O4. The molecule has 4 aliphatic rings. The zero-order chi connectivity index (χ0) is 45.4. The lowest BCUT2D eigenvalue weighted by molar-refractivity contribution is -0.133. The maximum Gasteiger partial charge on any atom is 0.257 e. The zero-order valence-electron chi connectivity index (χ0n) is 37.4. The van der Waals surface area contributed by atoms with E-state index in [9.17, 15) is 19.2 Å². The van der Waals surface area contributed by atoms with E-state index in [2.05, 4.69) is 46.3 Å². The van der Waals surface area contributed by atoms with Crippen LogP contribution in [-0.4, -0.2) is 119 Å². The number of carbonyl (C=O) groups excluding carboxylic acids is 3. The summed E-state index contributed by atoms with van der Waals surface area (Å²) in [6.07, 6.45) is 7.51. The van der Waals surface area contributed by atoms with Crippen molar-refractivity contribution in [3.63, 3.8) is 0 Å². The first kappa shape index (κ1) is 44.1. The Morgan fingerprint density at radius 1 is 0.815 bits per heavy atom. The molecule has 3 N–H and O–H groups in total. The van der Waals surface area contributed by atoms with E-state index in [0.29, 0.717) is 62.0 Å². The molecule has 0 unspecified atom stereocenters. The molecule has 0 radical (unpaired) electrons. The van der Waals surface area contributed by atoms with Crippen molar-refractivity contribution >= 4 is 45.8 Å². The maximum absolute atomic E-state index is 16.0. The molecule has 3 amide bonds. The molecule has 4 aliphatic heterocycles. The van der Waals surface area contributed by atoms with Gasteiger partial charge in [0.15, 0.2) is 0 Å². The molecule has 0 saturated carbocycles. The lowest BCUT2D eigenvalue weighted by Crippen LogP contribution is -2.49. The number of halogens is 2. The third-order valence-electron chi connectivity index (χ3n) is 14.1. The van der Waals surface area contributed by atoms with E-state index in [-0.39, 0.29) is 41.3 Å². The van der Waals surface area contributed by atoms with Crippen molar-refractivity contribution in [1.29, 1.82) is 0 Å². The van der Waals surface area contributed by atoms with E-state index >= 15 is 8.78 Å². The predicted octanol–water partition coefficient (Wildman–Crippen LogP) is 5.62. The molecule has 0 spiro atoms. The number of hydrogen-bond acceptors (Lipinski definition) is 10. The Morgan fingerprint density at radius 3 is 2.28 bits per heavy atom. The number of nitrogens with zero attached hydrogens (tertiary/aromatic N) is 7. The number of fused-ring (bicyclic) bond motifs is 1. The molecule has 14 nitrogen and oxygen atoms in total. The van der Waals surface area contributed by atoms with Crippen LogP contribution in [0.4, 0.5) is 25.8 Å². The van der Waals surface area contributed by atoms with Gasteiger partial charge in [-0.05, 0) is 124 Å². The van der Waals surface area contributed by atoms with Crippen molar-refractivity contribution in [2.45, 2.75) is 64.0 Å². The number of aromatic nitrogens is 3. The number of benzene rings is 2. The minimum Gasteiger partial charge on any atom is -0.388 e. The third-order valence-corrected chi connectivity index (χ3v) is 14.1. The van der Waals surface area contributed by atoms with Gasteiger partial charge in [0.1, 0.15) is 23.3 Å². The molecule has 4 fully saturated rings. The molecule has 16 heteroatoms. The Balaban J connectivity index is 0.739. The average Bonchev–Trinajstić information content (AvgIpc) is 3.62. The highest BCUT2D eigenvalue weighted by Crippen LogP contribution is 2.35. The number of imide groups is 1. The summed E-state index contributed by atoms with van der Waals surface area (Å²) in [6, 6.07) is 15.1. The molecule has 0 bridgehead atoms. The number of piperazine rings is 1. The summed E-state index contributed by atoms with van der Waals surface area (Å²) in [6.45, 7) is 9.42. The minimum absolute atomic E-state index is 0.0648. The first-order valence-corrected chi connectivity index (χ1v) is 22.9. The van der Waals surface area contributed by atoms with Crippen LogP contribution in [0.3, 0.4) is 0 Å². The Kier molecular flexibility index (Phi) is 12.7. The van der Waals surface area contributed by atoms with E-state index < -0.39 is 11.9 Å². The summed E-state index contributed by atoms with van der Waals surface area (Å²) >= 11 is 0. The summed E-state index contributed by atoms with van der Waals surface area (Å²) in [4.78, 5) is 63.6. The maximum atomic E-state index is 16.0. The van der Waals surface area contributed by atoms with Crippen LogP contribution in [-0.2, 0) is 23.2 Å². The monoisotopic (exact) mass is 888 g/mol. The SMILES string of the molecule is CNc1ccn(-c2ccnc3c2cc(CN2CCC(c4c(C)cc(C(=O)N5CCC(CN6CCN(c7ccc(N[C@@H]8CCC(=O)NC8=O)cc7F)CC6)CC5)cc4F)CC2)n3C)c(=O)c1. The fourth-order valence-electron chi connectivity index (χ4n) is 10.4. The van der Waals surface area contributed by atoms with Gasteiger partial charge in [0, 0.05) is 119 Å². The molecule has 2 aromatic carbocycles. The van der Waals surface area contributed by atoms with Crippen LogP contribution in [0.1, 0.15) is 71.6 Å². The highest BCUT2D eigenvalue weighted by molar-refractivity contribution is 6.01. The Labute approximate surface area is 377 Å². The second kappa shape index (κ2) is 18.8. The van der Waals surface area contributed by atoms with Crippen LogP contribution in [0, 0.1) is 24.5 Å². The van der Waals surface area contributed by atoms with Crippen molar-refractivity contribution in [2.75, 3.05) is 81.5 Å². The first-order valence-electron chi connectivity index (χ1n) is 22.9. The average molecular weight is 889 g/mol. The highest BCUT2D eigenvalue weighted by atomic mass is 19.1. The smallest absolute Gasteiger partial charge is 0.257 e. The Morgan fingerprint density at radius 2 is 1.58 bits per heavy atom. The van der Waals surface area contributed by atoms with Crippen LogP contribution in [0.25, 0.3) is 16.7 Å². The minimum atomic E-state index is -0.569. The van der Waals surface area contributed by atoms with Gasteiger partial charge in [0.25, 0.3) is 11.5 Å². The van der Waals surface area contributed by atoms with E-state index in [0.717, 1.165) is 97.6 Å².